The largest absolute Gasteiger partial charge is 0.484 e. The maximum Gasteiger partial charge on any atom is 0.321 e. The van der Waals surface area contributed by atoms with Crippen LogP contribution in [0.25, 0.3) is 0 Å². The molecule has 0 fully saturated rings. The minimum absolute atomic E-state index is 0.117. The lowest BCUT2D eigenvalue weighted by molar-refractivity contribution is -0.139. The van der Waals surface area contributed by atoms with E-state index in [1.807, 2.05) is 13.8 Å². The first-order valence-electron chi connectivity index (χ1n) is 8.33. The van der Waals surface area contributed by atoms with Crippen LogP contribution >= 0.6 is 0 Å². The molecule has 2 rings (SSSR count). The number of fused-ring (bicyclic) bond motifs is 1. The highest BCUT2D eigenvalue weighted by molar-refractivity contribution is 7.89. The molecule has 1 aliphatic rings. The van der Waals surface area contributed by atoms with E-state index in [0.717, 1.165) is 0 Å². The van der Waals surface area contributed by atoms with E-state index in [-0.39, 0.29) is 23.8 Å². The first-order valence-corrected chi connectivity index (χ1v) is 9.81. The number of carboxylic acid groups (broad SMARTS) is 1. The number of ether oxygens (including phenoxy) is 1. The Morgan fingerprint density at radius 3 is 2.58 bits per heavy atom. The Kier molecular flexibility index (Phi) is 5.62. The summed E-state index contributed by atoms with van der Waals surface area (Å²) in [6, 6.07) is 2.95. The van der Waals surface area contributed by atoms with Crippen molar-refractivity contribution < 1.29 is 27.9 Å². The number of carbonyl (C=O) groups excluding carboxylic acids is 1. The van der Waals surface area contributed by atoms with E-state index in [2.05, 4.69) is 4.72 Å². The number of aliphatic carboxylic acids is 1. The fourth-order valence-electron chi connectivity index (χ4n) is 2.82. The van der Waals surface area contributed by atoms with Crippen LogP contribution in [0.5, 0.6) is 5.75 Å². The number of amides is 1. The van der Waals surface area contributed by atoms with Crippen molar-refractivity contribution in [2.24, 2.45) is 0 Å². The molecule has 0 bridgehead atoms. The van der Waals surface area contributed by atoms with Crippen LogP contribution in [0.4, 0.5) is 5.69 Å². The molecule has 0 radical (unpaired) electrons. The van der Waals surface area contributed by atoms with E-state index in [1.165, 1.54) is 30.0 Å². The number of carboxylic acids is 1. The molecule has 0 spiro atoms. The van der Waals surface area contributed by atoms with Gasteiger partial charge in [0.25, 0.3) is 0 Å². The third-order valence-corrected chi connectivity index (χ3v) is 5.48. The van der Waals surface area contributed by atoms with Crippen LogP contribution < -0.4 is 14.4 Å². The summed E-state index contributed by atoms with van der Waals surface area (Å²) in [7, 11) is -4.06. The maximum absolute atomic E-state index is 12.6. The first kappa shape index (κ1) is 20.2. The highest BCUT2D eigenvalue weighted by atomic mass is 32.2. The number of hydrogen-bond acceptors (Lipinski definition) is 5. The standard InChI is InChI=1S/C17H24N2O6S/c1-5-6-13(16(21)22)18-26(23,24)12-7-8-15-14(9-12)19(11(2)20)10-17(3,4)25-15/h7-9,13,18H,5-6,10H2,1-4H3,(H,21,22). The average molecular weight is 384 g/mol. The van der Waals surface area contributed by atoms with Crippen molar-refractivity contribution in [2.75, 3.05) is 11.4 Å². The lowest BCUT2D eigenvalue weighted by atomic mass is 10.1. The normalized spacial score (nSPS) is 17.2. The number of sulfonamides is 1. The van der Waals surface area contributed by atoms with Crippen molar-refractivity contribution in [2.45, 2.75) is 57.1 Å². The SMILES string of the molecule is CCCC(NS(=O)(=O)c1ccc2c(c1)N(C(C)=O)CC(C)(C)O2)C(=O)O. The first-order chi connectivity index (χ1) is 12.0. The second-order valence-corrected chi connectivity index (χ2v) is 8.61. The predicted molar refractivity (Wildman–Crippen MR) is 95.8 cm³/mol. The van der Waals surface area contributed by atoms with E-state index < -0.39 is 27.6 Å². The van der Waals surface area contributed by atoms with Gasteiger partial charge in [0.2, 0.25) is 15.9 Å². The summed E-state index contributed by atoms with van der Waals surface area (Å²) in [6.45, 7) is 7.11. The van der Waals surface area contributed by atoms with Gasteiger partial charge in [-0.05, 0) is 38.5 Å². The number of hydrogen-bond donors (Lipinski definition) is 2. The van der Waals surface area contributed by atoms with Crippen LogP contribution in [0, 0.1) is 0 Å². The van der Waals surface area contributed by atoms with Crippen LogP contribution in [0.1, 0.15) is 40.5 Å². The van der Waals surface area contributed by atoms with Crippen LogP contribution in [0.15, 0.2) is 23.1 Å². The lowest BCUT2D eigenvalue weighted by Gasteiger charge is -2.39. The van der Waals surface area contributed by atoms with Crippen LogP contribution in [0.3, 0.4) is 0 Å². The molecule has 0 saturated carbocycles. The van der Waals surface area contributed by atoms with Crippen molar-refractivity contribution in [1.82, 2.24) is 4.72 Å². The van der Waals surface area contributed by atoms with Crippen LogP contribution in [-0.2, 0) is 19.6 Å². The van der Waals surface area contributed by atoms with Gasteiger partial charge in [0.15, 0.2) is 0 Å². The fraction of sp³-hybridized carbons (Fsp3) is 0.529. The number of anilines is 1. The highest BCUT2D eigenvalue weighted by Gasteiger charge is 2.35. The summed E-state index contributed by atoms with van der Waals surface area (Å²) in [4.78, 5) is 24.6. The molecule has 1 atom stereocenters. The maximum atomic E-state index is 12.6. The smallest absolute Gasteiger partial charge is 0.321 e. The summed E-state index contributed by atoms with van der Waals surface area (Å²) in [5.41, 5.74) is -0.255. The zero-order chi connectivity index (χ0) is 19.7. The molecule has 1 aliphatic heterocycles. The van der Waals surface area contributed by atoms with Gasteiger partial charge in [-0.25, -0.2) is 8.42 Å². The van der Waals surface area contributed by atoms with Gasteiger partial charge in [0, 0.05) is 6.92 Å². The number of nitrogens with zero attached hydrogens (tertiary/aromatic N) is 1. The summed E-state index contributed by atoms with van der Waals surface area (Å²) < 4.78 is 33.2. The van der Waals surface area contributed by atoms with Gasteiger partial charge in [0.1, 0.15) is 17.4 Å². The Labute approximate surface area is 153 Å². The monoisotopic (exact) mass is 384 g/mol. The second-order valence-electron chi connectivity index (χ2n) is 6.90. The molecule has 8 nitrogen and oxygen atoms in total. The average Bonchev–Trinajstić information content (AvgIpc) is 2.52. The zero-order valence-corrected chi connectivity index (χ0v) is 16.1. The van der Waals surface area contributed by atoms with Gasteiger partial charge < -0.3 is 14.7 Å². The Balaban J connectivity index is 2.42. The molecule has 0 saturated heterocycles. The highest BCUT2D eigenvalue weighted by Crippen LogP contribution is 2.38. The lowest BCUT2D eigenvalue weighted by Crippen LogP contribution is -2.48. The summed E-state index contributed by atoms with van der Waals surface area (Å²) in [5.74, 6) is -1.07. The minimum atomic E-state index is -4.06. The van der Waals surface area contributed by atoms with Gasteiger partial charge in [-0.2, -0.15) is 4.72 Å². The Morgan fingerprint density at radius 2 is 2.04 bits per heavy atom. The minimum Gasteiger partial charge on any atom is -0.484 e. The van der Waals surface area contributed by atoms with Gasteiger partial charge >= 0.3 is 5.97 Å². The summed E-state index contributed by atoms with van der Waals surface area (Å²) >= 11 is 0. The molecular weight excluding hydrogens is 360 g/mol. The molecular formula is C17H24N2O6S. The molecule has 9 heteroatoms. The van der Waals surface area contributed by atoms with Gasteiger partial charge in [0.05, 0.1) is 17.1 Å². The number of nitrogens with one attached hydrogen (secondary N) is 1. The van der Waals surface area contributed by atoms with Crippen molar-refractivity contribution in [3.8, 4) is 5.75 Å². The molecule has 0 aliphatic carbocycles. The van der Waals surface area contributed by atoms with Crippen molar-refractivity contribution in [1.29, 1.82) is 0 Å². The van der Waals surface area contributed by atoms with E-state index in [4.69, 9.17) is 4.74 Å². The molecule has 1 aromatic rings. The number of benzene rings is 1. The van der Waals surface area contributed by atoms with Crippen molar-refractivity contribution in [3.05, 3.63) is 18.2 Å². The predicted octanol–water partition coefficient (Wildman–Crippen LogP) is 1.74. The molecule has 1 heterocycles. The molecule has 144 valence electrons. The third kappa shape index (κ3) is 4.34. The molecule has 1 amide bonds. The van der Waals surface area contributed by atoms with Crippen LogP contribution in [0.2, 0.25) is 0 Å². The summed E-state index contributed by atoms with van der Waals surface area (Å²) in [5, 5.41) is 9.18. The van der Waals surface area contributed by atoms with Gasteiger partial charge in [-0.3, -0.25) is 9.59 Å². The van der Waals surface area contributed by atoms with E-state index >= 15 is 0 Å². The summed E-state index contributed by atoms with van der Waals surface area (Å²) in [6.07, 6.45) is 0.696. The van der Waals surface area contributed by atoms with Crippen LogP contribution in [-0.4, -0.2) is 43.6 Å². The van der Waals surface area contributed by atoms with Gasteiger partial charge in [-0.15, -0.1) is 0 Å². The molecule has 0 aromatic heterocycles. The number of carbonyl (C=O) groups is 2. The Hall–Kier alpha value is -2.13. The number of rotatable bonds is 6. The molecule has 2 N–H and O–H groups in total. The molecule has 1 aromatic carbocycles. The van der Waals surface area contributed by atoms with Crippen molar-refractivity contribution in [3.63, 3.8) is 0 Å². The third-order valence-electron chi connectivity index (χ3n) is 4.01. The second kappa shape index (κ2) is 7.24. The quantitative estimate of drug-likeness (QED) is 0.772. The topological polar surface area (TPSA) is 113 Å². The van der Waals surface area contributed by atoms with E-state index in [1.54, 1.807) is 6.92 Å². The van der Waals surface area contributed by atoms with Gasteiger partial charge in [-0.1, -0.05) is 13.3 Å². The molecule has 26 heavy (non-hydrogen) atoms. The van der Waals surface area contributed by atoms with E-state index in [9.17, 15) is 23.1 Å². The zero-order valence-electron chi connectivity index (χ0n) is 15.3. The van der Waals surface area contributed by atoms with Crippen molar-refractivity contribution >= 4 is 27.6 Å². The Morgan fingerprint density at radius 1 is 1.38 bits per heavy atom. The fourth-order valence-corrected chi connectivity index (χ4v) is 4.06. The molecule has 1 unspecified atom stereocenters. The van der Waals surface area contributed by atoms with E-state index in [0.29, 0.717) is 17.9 Å². The Bertz CT molecular complexity index is 819.